The topological polar surface area (TPSA) is 41.6 Å². The average Bonchev–Trinajstić information content (AvgIpc) is 3.41. The molecule has 2 fully saturated rings. The summed E-state index contributed by atoms with van der Waals surface area (Å²) < 4.78 is 2.27. The first-order valence-corrected chi connectivity index (χ1v) is 8.29. The quantitative estimate of drug-likeness (QED) is 0.781. The molecule has 0 bridgehead atoms. The molecule has 2 aromatic rings. The summed E-state index contributed by atoms with van der Waals surface area (Å²) in [6.07, 6.45) is 5.53. The van der Waals surface area contributed by atoms with Crippen LogP contribution < -0.4 is 0 Å². The number of nitrogens with zero attached hydrogens (tertiary/aromatic N) is 3. The summed E-state index contributed by atoms with van der Waals surface area (Å²) in [6.45, 7) is 1.02. The first kappa shape index (κ1) is 13.2. The highest BCUT2D eigenvalue weighted by Gasteiger charge is 2.41. The molecule has 1 heterocycles. The van der Waals surface area contributed by atoms with E-state index in [1.807, 2.05) is 18.2 Å². The summed E-state index contributed by atoms with van der Waals surface area (Å²) in [5.74, 6) is 3.94. The largest absolute Gasteiger partial charge is 0.327 e. The van der Waals surface area contributed by atoms with Crippen LogP contribution in [-0.4, -0.2) is 9.55 Å². The fourth-order valence-corrected chi connectivity index (χ4v) is 3.69. The van der Waals surface area contributed by atoms with E-state index in [0.717, 1.165) is 41.2 Å². The lowest BCUT2D eigenvalue weighted by atomic mass is 9.97. The van der Waals surface area contributed by atoms with E-state index in [0.29, 0.717) is 11.4 Å². The van der Waals surface area contributed by atoms with Gasteiger partial charge in [0.1, 0.15) is 5.82 Å². The van der Waals surface area contributed by atoms with E-state index in [4.69, 9.17) is 16.9 Å². The molecule has 3 nitrogen and oxygen atoms in total. The van der Waals surface area contributed by atoms with Gasteiger partial charge in [0, 0.05) is 6.54 Å². The fraction of sp³-hybridized carbons (Fsp3) is 0.529. The molecule has 4 rings (SSSR count). The molecule has 4 heteroatoms. The van der Waals surface area contributed by atoms with E-state index in [1.54, 1.807) is 0 Å². The van der Waals surface area contributed by atoms with E-state index < -0.39 is 0 Å². The lowest BCUT2D eigenvalue weighted by Crippen LogP contribution is -2.16. The number of aromatic nitrogens is 2. The molecule has 0 amide bonds. The van der Waals surface area contributed by atoms with Gasteiger partial charge >= 0.3 is 0 Å². The summed E-state index contributed by atoms with van der Waals surface area (Å²) in [4.78, 5) is 4.64. The number of halogens is 1. The number of benzene rings is 1. The van der Waals surface area contributed by atoms with Gasteiger partial charge in [0.05, 0.1) is 28.5 Å². The third kappa shape index (κ3) is 2.42. The van der Waals surface area contributed by atoms with Crippen LogP contribution in [0.2, 0.25) is 0 Å². The first-order chi connectivity index (χ1) is 10.3. The molecular formula is C17H18ClN3. The Morgan fingerprint density at radius 3 is 2.57 bits per heavy atom. The second kappa shape index (κ2) is 5.03. The van der Waals surface area contributed by atoms with Crippen molar-refractivity contribution in [1.29, 1.82) is 5.26 Å². The Balaban J connectivity index is 1.76. The zero-order valence-corrected chi connectivity index (χ0v) is 12.7. The highest BCUT2D eigenvalue weighted by atomic mass is 35.5. The van der Waals surface area contributed by atoms with E-state index in [2.05, 4.69) is 15.6 Å². The minimum atomic E-state index is 0.429. The molecule has 0 spiro atoms. The Morgan fingerprint density at radius 1 is 1.29 bits per heavy atom. The van der Waals surface area contributed by atoms with Crippen LogP contribution in [0.25, 0.3) is 11.0 Å². The molecule has 0 saturated heterocycles. The molecule has 108 valence electrons. The SMILES string of the molecule is N#Cc1ccc2nc(CCl)n(CC(C3CC3)C3CC3)c2c1. The summed E-state index contributed by atoms with van der Waals surface area (Å²) >= 11 is 6.10. The average molecular weight is 300 g/mol. The third-order valence-electron chi connectivity index (χ3n) is 4.92. The molecule has 2 saturated carbocycles. The molecule has 2 aliphatic rings. The zero-order chi connectivity index (χ0) is 14.4. The molecule has 0 unspecified atom stereocenters. The number of nitriles is 1. The maximum atomic E-state index is 9.12. The zero-order valence-electron chi connectivity index (χ0n) is 11.9. The molecule has 1 aromatic carbocycles. The predicted octanol–water partition coefficient (Wildman–Crippen LogP) is 4.08. The standard InChI is InChI=1S/C17H18ClN3/c18-8-17-20-15-6-1-11(9-19)7-16(15)21(17)10-14(12-2-3-12)13-4-5-13/h1,6-7,12-14H,2-5,8,10H2. The van der Waals surface area contributed by atoms with Crippen LogP contribution in [0.4, 0.5) is 0 Å². The molecular weight excluding hydrogens is 282 g/mol. The van der Waals surface area contributed by atoms with Crippen molar-refractivity contribution in [3.05, 3.63) is 29.6 Å². The Labute approximate surface area is 129 Å². The van der Waals surface area contributed by atoms with Gasteiger partial charge < -0.3 is 4.57 Å². The maximum absolute atomic E-state index is 9.12. The van der Waals surface area contributed by atoms with Crippen molar-refractivity contribution in [1.82, 2.24) is 9.55 Å². The van der Waals surface area contributed by atoms with Gasteiger partial charge in [0.2, 0.25) is 0 Å². The van der Waals surface area contributed by atoms with Crippen molar-refractivity contribution >= 4 is 22.6 Å². The number of hydrogen-bond donors (Lipinski definition) is 0. The van der Waals surface area contributed by atoms with E-state index in [9.17, 15) is 0 Å². The predicted molar refractivity (Wildman–Crippen MR) is 82.9 cm³/mol. The highest BCUT2D eigenvalue weighted by Crippen LogP contribution is 2.50. The van der Waals surface area contributed by atoms with Crippen LogP contribution in [0, 0.1) is 29.1 Å². The Kier molecular flexibility index (Phi) is 3.15. The molecule has 2 aliphatic carbocycles. The highest BCUT2D eigenvalue weighted by molar-refractivity contribution is 6.16. The van der Waals surface area contributed by atoms with Gasteiger partial charge in [-0.2, -0.15) is 5.26 Å². The Hall–Kier alpha value is -1.53. The molecule has 0 N–H and O–H groups in total. The third-order valence-corrected chi connectivity index (χ3v) is 5.16. The first-order valence-electron chi connectivity index (χ1n) is 7.75. The normalized spacial score (nSPS) is 18.3. The molecule has 1 aromatic heterocycles. The van der Waals surface area contributed by atoms with Crippen LogP contribution in [0.1, 0.15) is 37.1 Å². The van der Waals surface area contributed by atoms with Crippen molar-refractivity contribution in [3.8, 4) is 6.07 Å². The summed E-state index contributed by atoms with van der Waals surface area (Å²) in [5.41, 5.74) is 2.71. The number of hydrogen-bond acceptors (Lipinski definition) is 2. The second-order valence-electron chi connectivity index (χ2n) is 6.43. The second-order valence-corrected chi connectivity index (χ2v) is 6.69. The molecule has 0 radical (unpaired) electrons. The van der Waals surface area contributed by atoms with Gasteiger partial charge in [-0.3, -0.25) is 0 Å². The van der Waals surface area contributed by atoms with Gasteiger partial charge in [-0.25, -0.2) is 4.98 Å². The summed E-state index contributed by atoms with van der Waals surface area (Å²) in [5, 5.41) is 9.12. The minimum absolute atomic E-state index is 0.429. The van der Waals surface area contributed by atoms with Gasteiger partial charge in [0.25, 0.3) is 0 Å². The van der Waals surface area contributed by atoms with Crippen molar-refractivity contribution in [2.24, 2.45) is 17.8 Å². The van der Waals surface area contributed by atoms with Gasteiger partial charge in [0.15, 0.2) is 0 Å². The lowest BCUT2D eigenvalue weighted by molar-refractivity contribution is 0.350. The fourth-order valence-electron chi connectivity index (χ4n) is 3.49. The number of fused-ring (bicyclic) bond motifs is 1. The Bertz CT molecular complexity index is 707. The monoisotopic (exact) mass is 299 g/mol. The smallest absolute Gasteiger partial charge is 0.124 e. The maximum Gasteiger partial charge on any atom is 0.124 e. The van der Waals surface area contributed by atoms with Crippen molar-refractivity contribution in [2.45, 2.75) is 38.1 Å². The number of alkyl halides is 1. The van der Waals surface area contributed by atoms with Gasteiger partial charge in [-0.15, -0.1) is 11.6 Å². The van der Waals surface area contributed by atoms with Crippen LogP contribution >= 0.6 is 11.6 Å². The Morgan fingerprint density at radius 2 is 2.00 bits per heavy atom. The minimum Gasteiger partial charge on any atom is -0.327 e. The van der Waals surface area contributed by atoms with Crippen LogP contribution in [0.5, 0.6) is 0 Å². The van der Waals surface area contributed by atoms with Crippen molar-refractivity contribution < 1.29 is 0 Å². The number of rotatable bonds is 5. The lowest BCUT2D eigenvalue weighted by Gasteiger charge is -2.18. The summed E-state index contributed by atoms with van der Waals surface area (Å²) in [6, 6.07) is 7.94. The van der Waals surface area contributed by atoms with E-state index in [-0.39, 0.29) is 0 Å². The van der Waals surface area contributed by atoms with Gasteiger partial charge in [-0.05, 0) is 61.6 Å². The van der Waals surface area contributed by atoms with Gasteiger partial charge in [-0.1, -0.05) is 0 Å². The molecule has 0 atom stereocenters. The van der Waals surface area contributed by atoms with Crippen LogP contribution in [0.15, 0.2) is 18.2 Å². The molecule has 0 aliphatic heterocycles. The van der Waals surface area contributed by atoms with Crippen molar-refractivity contribution in [3.63, 3.8) is 0 Å². The molecule has 21 heavy (non-hydrogen) atoms. The van der Waals surface area contributed by atoms with E-state index in [1.165, 1.54) is 25.7 Å². The van der Waals surface area contributed by atoms with Crippen LogP contribution in [0.3, 0.4) is 0 Å². The van der Waals surface area contributed by atoms with E-state index >= 15 is 0 Å². The van der Waals surface area contributed by atoms with Crippen molar-refractivity contribution in [2.75, 3.05) is 0 Å². The summed E-state index contributed by atoms with van der Waals surface area (Å²) in [7, 11) is 0. The van der Waals surface area contributed by atoms with Crippen LogP contribution in [-0.2, 0) is 12.4 Å². The number of imidazole rings is 1.